The standard InChI is InChI=1S/C15H20N4O4/c1-7(2)10(13(16)20)19-11(8-5-4-6-18(8)3)9-12(23-19)15(22)17-14(9)21/h4-7,9-12H,1-3H3,(H2,16,20)(H,17,21,22). The van der Waals surface area contributed by atoms with Crippen molar-refractivity contribution in [2.45, 2.75) is 32.0 Å². The van der Waals surface area contributed by atoms with E-state index in [0.29, 0.717) is 0 Å². The first-order valence-corrected chi connectivity index (χ1v) is 7.53. The molecule has 1 aromatic rings. The second-order valence-electron chi connectivity index (χ2n) is 6.35. The van der Waals surface area contributed by atoms with Gasteiger partial charge in [-0.05, 0) is 18.1 Å². The Morgan fingerprint density at radius 3 is 2.57 bits per heavy atom. The van der Waals surface area contributed by atoms with Crippen molar-refractivity contribution in [1.29, 1.82) is 0 Å². The molecule has 3 rings (SSSR count). The summed E-state index contributed by atoms with van der Waals surface area (Å²) in [5, 5.41) is 3.73. The third-order valence-electron chi connectivity index (χ3n) is 4.47. The zero-order valence-electron chi connectivity index (χ0n) is 13.2. The highest BCUT2D eigenvalue weighted by atomic mass is 16.7. The first kappa shape index (κ1) is 15.7. The van der Waals surface area contributed by atoms with Crippen LogP contribution in [0.1, 0.15) is 25.6 Å². The lowest BCUT2D eigenvalue weighted by Gasteiger charge is -2.33. The SMILES string of the molecule is CC(C)C(C(N)=O)N1OC2C(=O)NC(=O)C2C1c1cccn1C. The van der Waals surface area contributed by atoms with E-state index in [1.165, 1.54) is 5.06 Å². The molecule has 3 N–H and O–H groups in total. The lowest BCUT2D eigenvalue weighted by molar-refractivity contribution is -0.202. The van der Waals surface area contributed by atoms with E-state index in [2.05, 4.69) is 5.32 Å². The summed E-state index contributed by atoms with van der Waals surface area (Å²) in [5.41, 5.74) is 6.32. The lowest BCUT2D eigenvalue weighted by Crippen LogP contribution is -2.49. The summed E-state index contributed by atoms with van der Waals surface area (Å²) in [5.74, 6) is -2.25. The molecule has 2 fully saturated rings. The molecule has 2 aliphatic rings. The Bertz CT molecular complexity index is 668. The maximum absolute atomic E-state index is 12.2. The van der Waals surface area contributed by atoms with Crippen molar-refractivity contribution in [1.82, 2.24) is 14.9 Å². The average Bonchev–Trinajstić information content (AvgIpc) is 3.07. The Morgan fingerprint density at radius 2 is 2.04 bits per heavy atom. The number of amides is 3. The topological polar surface area (TPSA) is 107 Å². The number of carbonyl (C=O) groups is 3. The van der Waals surface area contributed by atoms with Crippen LogP contribution in [-0.2, 0) is 26.3 Å². The maximum atomic E-state index is 12.2. The van der Waals surface area contributed by atoms with Crippen molar-refractivity contribution >= 4 is 17.7 Å². The molecule has 8 heteroatoms. The van der Waals surface area contributed by atoms with Gasteiger partial charge >= 0.3 is 0 Å². The van der Waals surface area contributed by atoms with Crippen LogP contribution in [-0.4, -0.2) is 39.5 Å². The molecule has 2 aliphatic heterocycles. The van der Waals surface area contributed by atoms with Crippen molar-refractivity contribution in [2.24, 2.45) is 24.6 Å². The number of aromatic nitrogens is 1. The summed E-state index contributed by atoms with van der Waals surface area (Å²) in [6.45, 7) is 3.69. The van der Waals surface area contributed by atoms with E-state index >= 15 is 0 Å². The van der Waals surface area contributed by atoms with Crippen molar-refractivity contribution in [2.75, 3.05) is 0 Å². The van der Waals surface area contributed by atoms with Gasteiger partial charge in [-0.25, -0.2) is 0 Å². The van der Waals surface area contributed by atoms with Gasteiger partial charge in [0.1, 0.15) is 6.04 Å². The fourth-order valence-electron chi connectivity index (χ4n) is 3.44. The average molecular weight is 320 g/mol. The molecule has 0 aliphatic carbocycles. The van der Waals surface area contributed by atoms with Gasteiger partial charge < -0.3 is 10.3 Å². The third-order valence-corrected chi connectivity index (χ3v) is 4.47. The number of primary amides is 1. The molecule has 4 atom stereocenters. The zero-order chi connectivity index (χ0) is 16.9. The number of rotatable bonds is 4. The summed E-state index contributed by atoms with van der Waals surface area (Å²) >= 11 is 0. The van der Waals surface area contributed by atoms with Crippen molar-refractivity contribution in [3.8, 4) is 0 Å². The van der Waals surface area contributed by atoms with E-state index in [9.17, 15) is 14.4 Å². The largest absolute Gasteiger partial charge is 0.368 e. The minimum absolute atomic E-state index is 0.132. The molecule has 8 nitrogen and oxygen atoms in total. The molecule has 0 saturated carbocycles. The molecular weight excluding hydrogens is 300 g/mol. The highest BCUT2D eigenvalue weighted by Crippen LogP contribution is 2.44. The molecule has 23 heavy (non-hydrogen) atoms. The van der Waals surface area contributed by atoms with Crippen LogP contribution in [0.5, 0.6) is 0 Å². The van der Waals surface area contributed by atoms with Crippen LogP contribution in [0.4, 0.5) is 0 Å². The summed E-state index contributed by atoms with van der Waals surface area (Å²) in [4.78, 5) is 41.8. The molecular formula is C15H20N4O4. The molecule has 0 aromatic carbocycles. The van der Waals surface area contributed by atoms with E-state index in [0.717, 1.165) is 5.69 Å². The number of hydroxylamine groups is 2. The lowest BCUT2D eigenvalue weighted by atomic mass is 9.92. The van der Waals surface area contributed by atoms with Crippen molar-refractivity contribution in [3.63, 3.8) is 0 Å². The van der Waals surface area contributed by atoms with Gasteiger partial charge in [0, 0.05) is 18.9 Å². The molecule has 3 amide bonds. The van der Waals surface area contributed by atoms with Crippen LogP contribution in [0.3, 0.4) is 0 Å². The minimum atomic E-state index is -0.928. The Kier molecular flexibility index (Phi) is 3.73. The quantitative estimate of drug-likeness (QED) is 0.725. The molecule has 1 aromatic heterocycles. The van der Waals surface area contributed by atoms with Crippen LogP contribution in [0.2, 0.25) is 0 Å². The van der Waals surface area contributed by atoms with Crippen LogP contribution in [0.15, 0.2) is 18.3 Å². The van der Waals surface area contributed by atoms with Crippen LogP contribution in [0.25, 0.3) is 0 Å². The summed E-state index contributed by atoms with van der Waals surface area (Å²) in [6.07, 6.45) is 0.910. The van der Waals surface area contributed by atoms with Gasteiger partial charge in [-0.3, -0.25) is 24.5 Å². The normalized spacial score (nSPS) is 29.0. The second kappa shape index (κ2) is 5.47. The van der Waals surface area contributed by atoms with Gasteiger partial charge in [0.05, 0.1) is 12.0 Å². The van der Waals surface area contributed by atoms with E-state index in [-0.39, 0.29) is 11.8 Å². The first-order valence-electron chi connectivity index (χ1n) is 7.53. The Morgan fingerprint density at radius 1 is 1.35 bits per heavy atom. The zero-order valence-corrected chi connectivity index (χ0v) is 13.2. The van der Waals surface area contributed by atoms with Crippen molar-refractivity contribution in [3.05, 3.63) is 24.0 Å². The molecule has 4 unspecified atom stereocenters. The van der Waals surface area contributed by atoms with E-state index in [1.54, 1.807) is 0 Å². The van der Waals surface area contributed by atoms with Crippen LogP contribution < -0.4 is 11.1 Å². The number of hydrogen-bond donors (Lipinski definition) is 2. The maximum Gasteiger partial charge on any atom is 0.258 e. The number of fused-ring (bicyclic) bond motifs is 1. The smallest absolute Gasteiger partial charge is 0.258 e. The number of aryl methyl sites for hydroxylation is 1. The Balaban J connectivity index is 2.08. The molecule has 3 heterocycles. The predicted octanol–water partition coefficient (Wildman–Crippen LogP) is -0.535. The highest BCUT2D eigenvalue weighted by molar-refractivity contribution is 6.07. The highest BCUT2D eigenvalue weighted by Gasteiger charge is 2.59. The first-order chi connectivity index (χ1) is 10.8. The predicted molar refractivity (Wildman–Crippen MR) is 79.3 cm³/mol. The fraction of sp³-hybridized carbons (Fsp3) is 0.533. The Hall–Kier alpha value is -2.19. The Labute approximate surface area is 133 Å². The molecule has 2 saturated heterocycles. The summed E-state index contributed by atoms with van der Waals surface area (Å²) < 4.78 is 1.85. The van der Waals surface area contributed by atoms with E-state index in [1.807, 2.05) is 43.8 Å². The van der Waals surface area contributed by atoms with E-state index < -0.39 is 35.9 Å². The molecule has 124 valence electrons. The van der Waals surface area contributed by atoms with Gasteiger partial charge in [-0.2, -0.15) is 5.06 Å². The van der Waals surface area contributed by atoms with Crippen LogP contribution in [0, 0.1) is 11.8 Å². The van der Waals surface area contributed by atoms with E-state index in [4.69, 9.17) is 10.6 Å². The summed E-state index contributed by atoms with van der Waals surface area (Å²) in [6, 6.07) is 2.40. The number of hydrogen-bond acceptors (Lipinski definition) is 5. The van der Waals surface area contributed by atoms with Gasteiger partial charge in [0.25, 0.3) is 5.91 Å². The summed E-state index contributed by atoms with van der Waals surface area (Å²) in [7, 11) is 1.84. The number of imide groups is 1. The number of nitrogens with one attached hydrogen (secondary N) is 1. The van der Waals surface area contributed by atoms with Crippen LogP contribution >= 0.6 is 0 Å². The molecule has 0 radical (unpaired) electrons. The number of nitrogens with zero attached hydrogens (tertiary/aromatic N) is 2. The molecule has 0 bridgehead atoms. The van der Waals surface area contributed by atoms with Gasteiger partial charge in [-0.1, -0.05) is 13.8 Å². The van der Waals surface area contributed by atoms with Gasteiger partial charge in [0.15, 0.2) is 6.10 Å². The fourth-order valence-corrected chi connectivity index (χ4v) is 3.44. The molecule has 0 spiro atoms. The minimum Gasteiger partial charge on any atom is -0.368 e. The number of nitrogens with two attached hydrogens (primary N) is 1. The second-order valence-corrected chi connectivity index (χ2v) is 6.35. The third kappa shape index (κ3) is 2.34. The monoisotopic (exact) mass is 320 g/mol. The number of carbonyl (C=O) groups excluding carboxylic acids is 3. The van der Waals surface area contributed by atoms with Gasteiger partial charge in [0.2, 0.25) is 11.8 Å². The van der Waals surface area contributed by atoms with Gasteiger partial charge in [-0.15, -0.1) is 0 Å². The van der Waals surface area contributed by atoms with Crippen molar-refractivity contribution < 1.29 is 19.2 Å².